The molecule has 0 aliphatic carbocycles. The van der Waals surface area contributed by atoms with Crippen LogP contribution >= 0.6 is 0 Å². The molecule has 0 saturated carbocycles. The van der Waals surface area contributed by atoms with E-state index in [1.54, 1.807) is 26.7 Å². The van der Waals surface area contributed by atoms with Crippen LogP contribution in [0.4, 0.5) is 20.3 Å². The molecule has 5 aromatic rings. The van der Waals surface area contributed by atoms with Gasteiger partial charge in [0.2, 0.25) is 11.8 Å². The van der Waals surface area contributed by atoms with E-state index >= 15 is 4.39 Å². The average molecular weight is 954 g/mol. The van der Waals surface area contributed by atoms with Crippen LogP contribution in [0.2, 0.25) is 0 Å². The Balaban J connectivity index is 0.851. The summed E-state index contributed by atoms with van der Waals surface area (Å²) in [5, 5.41) is 20.0. The summed E-state index contributed by atoms with van der Waals surface area (Å²) >= 11 is 0. The largest absolute Gasteiger partial charge is 0.492 e. The smallest absolute Gasteiger partial charge is 0.255 e. The Morgan fingerprint density at radius 2 is 1.79 bits per heavy atom. The Labute approximate surface area is 405 Å². The predicted octanol–water partition coefficient (Wildman–Crippen LogP) is 5.91. The number of hydrogen-bond donors (Lipinski definition) is 2. The van der Waals surface area contributed by atoms with Crippen LogP contribution in [0.5, 0.6) is 5.75 Å². The molecule has 2 aromatic carbocycles. The number of aromatic nitrogens is 3. The van der Waals surface area contributed by atoms with Crippen LogP contribution in [0.3, 0.4) is 0 Å². The second kappa shape index (κ2) is 19.9. The van der Waals surface area contributed by atoms with Gasteiger partial charge in [-0.05, 0) is 101 Å². The number of benzene rings is 2. The fourth-order valence-electron chi connectivity index (χ4n) is 10.2. The number of halogens is 2. The summed E-state index contributed by atoms with van der Waals surface area (Å²) in [6.07, 6.45) is 7.19. The molecule has 2 N–H and O–H groups in total. The Bertz CT molecular complexity index is 2880. The van der Waals surface area contributed by atoms with Gasteiger partial charge in [0, 0.05) is 106 Å². The van der Waals surface area contributed by atoms with Crippen molar-refractivity contribution in [2.45, 2.75) is 77.0 Å². The summed E-state index contributed by atoms with van der Waals surface area (Å²) in [4.78, 5) is 69.1. The van der Waals surface area contributed by atoms with E-state index < -0.39 is 34.7 Å². The number of pyridine rings is 2. The molecular formula is C52H57F2N11O5. The van der Waals surface area contributed by atoms with Crippen molar-refractivity contribution in [1.29, 1.82) is 5.26 Å². The van der Waals surface area contributed by atoms with Gasteiger partial charge in [-0.25, -0.2) is 18.3 Å². The first-order valence-corrected chi connectivity index (χ1v) is 24.0. The van der Waals surface area contributed by atoms with Gasteiger partial charge < -0.3 is 35.0 Å². The highest BCUT2D eigenvalue weighted by Gasteiger charge is 2.41. The molecule has 7 heterocycles. The van der Waals surface area contributed by atoms with Gasteiger partial charge in [0.1, 0.15) is 35.3 Å². The van der Waals surface area contributed by atoms with Gasteiger partial charge in [0.25, 0.3) is 11.8 Å². The van der Waals surface area contributed by atoms with Crippen molar-refractivity contribution >= 4 is 40.7 Å². The van der Waals surface area contributed by atoms with Crippen molar-refractivity contribution in [3.05, 3.63) is 119 Å². The Morgan fingerprint density at radius 1 is 1.00 bits per heavy atom. The number of amides is 4. The molecule has 3 aromatic heterocycles. The van der Waals surface area contributed by atoms with Gasteiger partial charge in [0.05, 0.1) is 41.2 Å². The first-order chi connectivity index (χ1) is 33.7. The van der Waals surface area contributed by atoms with E-state index in [9.17, 15) is 28.8 Å². The standard InChI is InChI=1S/C52H57F2N11O5/c1-5-70-40-26-41(48-37(27-55)29-57-65(48)31-40)35-8-13-46(56-28-35)62-18-15-52(16-19-62,59-49(67)43-24-38(53)9-11-44(43)54)32-64(33(2)3)47(66)14-17-60-20-22-61(23-21-60)39-10-7-36-30-63(51(69)42(36)25-39)45-12-6-34(4)58-50(45)68/h7-11,13,24-26,28-29,31,33,45H,4-6,12,14-23,30,32H2,1-3H3,(H,58,68)(H,59,67). The second-order valence-electron chi connectivity index (χ2n) is 18.9. The fraction of sp³-hybridized carbons (Fsp3) is 0.404. The SMILES string of the molecule is C=C1CCC(N2Cc3ccc(N4CCN(CCC(=O)N(CC5(NC(=O)c6cc(F)ccc6F)CCN(c6ccc(-c7cc(OCC)cn8ncc(C#N)c78)cn6)CC5)C(C)C)CC4)cc3C2=O)C(=O)N1. The molecule has 18 heteroatoms. The van der Waals surface area contributed by atoms with E-state index in [0.717, 1.165) is 40.6 Å². The number of piperidine rings is 2. The number of carbonyl (C=O) groups is 4. The van der Waals surface area contributed by atoms with Crippen molar-refractivity contribution < 1.29 is 32.7 Å². The highest BCUT2D eigenvalue weighted by Crippen LogP contribution is 2.35. The van der Waals surface area contributed by atoms with Gasteiger partial charge in [-0.15, -0.1) is 0 Å². The normalized spacial score (nSPS) is 18.2. The highest BCUT2D eigenvalue weighted by molar-refractivity contribution is 6.02. The van der Waals surface area contributed by atoms with Crippen molar-refractivity contribution in [2.24, 2.45) is 0 Å². The molecule has 16 nitrogen and oxygen atoms in total. The molecule has 4 aliphatic heterocycles. The van der Waals surface area contributed by atoms with Crippen molar-refractivity contribution in [3.8, 4) is 22.9 Å². The number of carbonyl (C=O) groups excluding carboxylic acids is 4. The summed E-state index contributed by atoms with van der Waals surface area (Å²) in [6.45, 7) is 14.8. The number of nitrogens with one attached hydrogen (secondary N) is 2. The summed E-state index contributed by atoms with van der Waals surface area (Å²) in [7, 11) is 0. The van der Waals surface area contributed by atoms with Gasteiger partial charge in [-0.1, -0.05) is 12.6 Å². The number of ether oxygens (including phenoxy) is 1. The molecule has 9 rings (SSSR count). The quantitative estimate of drug-likeness (QED) is 0.136. The van der Waals surface area contributed by atoms with E-state index in [2.05, 4.69) is 43.1 Å². The molecule has 3 fully saturated rings. The summed E-state index contributed by atoms with van der Waals surface area (Å²) in [5.74, 6) is -1.46. The van der Waals surface area contributed by atoms with Crippen molar-refractivity contribution in [2.75, 3.05) is 68.8 Å². The minimum absolute atomic E-state index is 0.0828. The molecule has 70 heavy (non-hydrogen) atoms. The Morgan fingerprint density at radius 3 is 2.49 bits per heavy atom. The van der Waals surface area contributed by atoms with Crippen LogP contribution in [0, 0.1) is 23.0 Å². The molecule has 0 bridgehead atoms. The van der Waals surface area contributed by atoms with E-state index in [1.165, 1.54) is 6.20 Å². The minimum atomic E-state index is -0.981. The lowest BCUT2D eigenvalue weighted by Gasteiger charge is -2.46. The molecule has 1 unspecified atom stereocenters. The number of nitriles is 1. The molecule has 364 valence electrons. The fourth-order valence-corrected chi connectivity index (χ4v) is 10.2. The second-order valence-corrected chi connectivity index (χ2v) is 18.9. The lowest BCUT2D eigenvalue weighted by atomic mass is 9.85. The van der Waals surface area contributed by atoms with Gasteiger partial charge in [-0.3, -0.25) is 24.1 Å². The third kappa shape index (κ3) is 9.75. The lowest BCUT2D eigenvalue weighted by molar-refractivity contribution is -0.134. The van der Waals surface area contributed by atoms with Gasteiger partial charge in [-0.2, -0.15) is 10.4 Å². The molecular weight excluding hydrogens is 897 g/mol. The number of nitrogens with zero attached hydrogens (tertiary/aromatic N) is 9. The molecule has 4 aliphatic rings. The van der Waals surface area contributed by atoms with Crippen LogP contribution < -0.4 is 25.2 Å². The van der Waals surface area contributed by atoms with Crippen LogP contribution in [-0.2, 0) is 16.1 Å². The first-order valence-electron chi connectivity index (χ1n) is 24.0. The van der Waals surface area contributed by atoms with E-state index in [1.807, 2.05) is 57.2 Å². The zero-order valence-corrected chi connectivity index (χ0v) is 39.7. The summed E-state index contributed by atoms with van der Waals surface area (Å²) in [5.41, 5.74) is 4.32. The maximum absolute atomic E-state index is 15.0. The molecule has 3 saturated heterocycles. The van der Waals surface area contributed by atoms with Crippen LogP contribution in [-0.4, -0.2) is 130 Å². The third-order valence-electron chi connectivity index (χ3n) is 14.1. The van der Waals surface area contributed by atoms with Crippen LogP contribution in [0.1, 0.15) is 84.7 Å². The highest BCUT2D eigenvalue weighted by atomic mass is 19.1. The number of hydrogen-bond acceptors (Lipinski definition) is 11. The van der Waals surface area contributed by atoms with Crippen LogP contribution in [0.15, 0.2) is 85.5 Å². The topological polar surface area (TPSA) is 172 Å². The zero-order chi connectivity index (χ0) is 49.3. The average Bonchev–Trinajstić information content (AvgIpc) is 3.93. The summed E-state index contributed by atoms with van der Waals surface area (Å²) < 4.78 is 36.8. The number of piperazine rings is 1. The molecule has 4 amide bonds. The number of allylic oxidation sites excluding steroid dienone is 1. The Kier molecular flexibility index (Phi) is 13.6. The number of fused-ring (bicyclic) bond motifs is 2. The minimum Gasteiger partial charge on any atom is -0.492 e. The van der Waals surface area contributed by atoms with Gasteiger partial charge >= 0.3 is 0 Å². The lowest BCUT2D eigenvalue weighted by Crippen LogP contribution is -2.62. The van der Waals surface area contributed by atoms with E-state index in [4.69, 9.17) is 9.72 Å². The molecule has 0 spiro atoms. The molecule has 1 atom stereocenters. The summed E-state index contributed by atoms with van der Waals surface area (Å²) in [6, 6.07) is 15.9. The predicted molar refractivity (Wildman–Crippen MR) is 259 cm³/mol. The number of anilines is 2. The molecule has 0 radical (unpaired) electrons. The van der Waals surface area contributed by atoms with Crippen molar-refractivity contribution in [3.63, 3.8) is 0 Å². The van der Waals surface area contributed by atoms with Crippen molar-refractivity contribution in [1.82, 2.24) is 39.9 Å². The monoisotopic (exact) mass is 953 g/mol. The van der Waals surface area contributed by atoms with Crippen LogP contribution in [0.25, 0.3) is 16.6 Å². The van der Waals surface area contributed by atoms with Gasteiger partial charge in [0.15, 0.2) is 0 Å². The maximum Gasteiger partial charge on any atom is 0.255 e. The zero-order valence-electron chi connectivity index (χ0n) is 39.7. The van der Waals surface area contributed by atoms with E-state index in [0.29, 0.717) is 119 Å². The Hall–Kier alpha value is -7.39. The maximum atomic E-state index is 15.0. The third-order valence-corrected chi connectivity index (χ3v) is 14.1. The first kappa shape index (κ1) is 47.7. The van der Waals surface area contributed by atoms with E-state index in [-0.39, 0.29) is 36.7 Å². The number of rotatable bonds is 14.